The van der Waals surface area contributed by atoms with E-state index in [9.17, 15) is 26.4 Å². The van der Waals surface area contributed by atoms with E-state index in [1.165, 1.54) is 0 Å². The fraction of sp³-hybridized carbons (Fsp3) is 0.125. The van der Waals surface area contributed by atoms with Crippen LogP contribution in [0.5, 0.6) is 0 Å². The lowest BCUT2D eigenvalue weighted by molar-refractivity contribution is 0.0957. The number of benzene rings is 1. The second-order valence-electron chi connectivity index (χ2n) is 2.88. The Morgan fingerprint density at radius 1 is 1.29 bits per heavy atom. The van der Waals surface area contributed by atoms with E-state index in [-0.39, 0.29) is 6.07 Å². The minimum atomic E-state index is -4.85. The Labute approximate surface area is 98.8 Å². The third-order valence-corrected chi connectivity index (χ3v) is 3.14. The molecule has 0 bridgehead atoms. The summed E-state index contributed by atoms with van der Waals surface area (Å²) in [4.78, 5) is 9.42. The molecule has 1 N–H and O–H groups in total. The molecule has 9 heteroatoms. The van der Waals surface area contributed by atoms with Crippen molar-refractivity contribution in [1.29, 1.82) is 0 Å². The number of halogens is 4. The maximum atomic E-state index is 13.5. The van der Waals surface area contributed by atoms with E-state index >= 15 is 0 Å². The van der Waals surface area contributed by atoms with Gasteiger partial charge in [0.25, 0.3) is 15.0 Å². The maximum absolute atomic E-state index is 13.5. The van der Waals surface area contributed by atoms with Gasteiger partial charge in [0.05, 0.1) is 5.56 Å². The molecule has 1 aromatic carbocycles. The van der Waals surface area contributed by atoms with Gasteiger partial charge in [0.1, 0.15) is 0 Å². The third kappa shape index (κ3) is 2.52. The minimum Gasteiger partial charge on any atom is -0.355 e. The summed E-state index contributed by atoms with van der Waals surface area (Å²) < 4.78 is 61.4. The topological polar surface area (TPSA) is 63.2 Å². The molecule has 1 aromatic rings. The molecule has 0 saturated heterocycles. The highest BCUT2D eigenvalue weighted by Gasteiger charge is 2.29. The fourth-order valence-electron chi connectivity index (χ4n) is 1.09. The van der Waals surface area contributed by atoms with Crippen LogP contribution in [0.1, 0.15) is 10.4 Å². The van der Waals surface area contributed by atoms with Crippen LogP contribution in [0.4, 0.5) is 13.2 Å². The van der Waals surface area contributed by atoms with Crippen molar-refractivity contribution in [2.24, 2.45) is 0 Å². The summed E-state index contributed by atoms with van der Waals surface area (Å²) in [6, 6.07) is 0.245. The highest BCUT2D eigenvalue weighted by atomic mass is 35.7. The normalized spacial score (nSPS) is 11.4. The molecule has 0 aliphatic rings. The summed E-state index contributed by atoms with van der Waals surface area (Å²) in [5, 5.41) is 1.94. The first-order chi connectivity index (χ1) is 7.70. The van der Waals surface area contributed by atoms with Gasteiger partial charge in [-0.1, -0.05) is 0 Å². The van der Waals surface area contributed by atoms with E-state index in [0.717, 1.165) is 7.05 Å². The van der Waals surface area contributed by atoms with Gasteiger partial charge in [0, 0.05) is 17.7 Å². The lowest BCUT2D eigenvalue weighted by atomic mass is 10.2. The van der Waals surface area contributed by atoms with Crippen LogP contribution in [0.3, 0.4) is 0 Å². The monoisotopic (exact) mass is 287 g/mol. The molecule has 94 valence electrons. The Hall–Kier alpha value is -1.28. The van der Waals surface area contributed by atoms with Crippen LogP contribution < -0.4 is 5.32 Å². The number of rotatable bonds is 2. The SMILES string of the molecule is CNC(=O)c1cc(F)c(F)c(S(=O)(=O)Cl)c1F. The Morgan fingerprint density at radius 3 is 2.24 bits per heavy atom. The lowest BCUT2D eigenvalue weighted by Crippen LogP contribution is -2.21. The van der Waals surface area contributed by atoms with Crippen molar-refractivity contribution in [3.8, 4) is 0 Å². The molecule has 1 rings (SSSR count). The number of hydrogen-bond donors (Lipinski definition) is 1. The molecule has 17 heavy (non-hydrogen) atoms. The predicted octanol–water partition coefficient (Wildman–Crippen LogP) is 1.39. The Morgan fingerprint density at radius 2 is 1.82 bits per heavy atom. The number of carbonyl (C=O) groups is 1. The molecule has 0 unspecified atom stereocenters. The van der Waals surface area contributed by atoms with Gasteiger partial charge in [0.15, 0.2) is 22.3 Å². The summed E-state index contributed by atoms with van der Waals surface area (Å²) in [6.45, 7) is 0. The zero-order valence-electron chi connectivity index (χ0n) is 8.22. The standard InChI is InChI=1S/C8H5ClF3NO3S/c1-13-8(14)3-2-4(10)6(12)7(5(3)11)17(9,15)16/h2H,1H3,(H,13,14). The Kier molecular flexibility index (Phi) is 3.68. The summed E-state index contributed by atoms with van der Waals surface area (Å²) in [7, 11) is 1.02. The molecular formula is C8H5ClF3NO3S. The van der Waals surface area contributed by atoms with Gasteiger partial charge in [0.2, 0.25) is 0 Å². The molecule has 0 fully saturated rings. The molecule has 0 atom stereocenters. The van der Waals surface area contributed by atoms with Crippen molar-refractivity contribution in [2.75, 3.05) is 7.05 Å². The average Bonchev–Trinajstić information content (AvgIpc) is 2.20. The van der Waals surface area contributed by atoms with E-state index in [1.54, 1.807) is 0 Å². The predicted molar refractivity (Wildman–Crippen MR) is 52.7 cm³/mol. The van der Waals surface area contributed by atoms with E-state index < -0.39 is 42.9 Å². The van der Waals surface area contributed by atoms with Gasteiger partial charge >= 0.3 is 0 Å². The molecule has 0 aromatic heterocycles. The van der Waals surface area contributed by atoms with Crippen LogP contribution >= 0.6 is 10.7 Å². The largest absolute Gasteiger partial charge is 0.355 e. The molecule has 0 aliphatic carbocycles. The maximum Gasteiger partial charge on any atom is 0.267 e. The van der Waals surface area contributed by atoms with Crippen molar-refractivity contribution >= 4 is 25.6 Å². The molecule has 0 aliphatic heterocycles. The zero-order valence-corrected chi connectivity index (χ0v) is 9.79. The Balaban J connectivity index is 3.73. The van der Waals surface area contributed by atoms with Crippen LogP contribution in [0.2, 0.25) is 0 Å². The van der Waals surface area contributed by atoms with E-state index in [0.29, 0.717) is 0 Å². The van der Waals surface area contributed by atoms with Crippen LogP contribution in [-0.4, -0.2) is 21.4 Å². The number of nitrogens with one attached hydrogen (secondary N) is 1. The van der Waals surface area contributed by atoms with Gasteiger partial charge in [-0.25, -0.2) is 21.6 Å². The second-order valence-corrected chi connectivity index (χ2v) is 5.38. The van der Waals surface area contributed by atoms with Crippen LogP contribution in [-0.2, 0) is 9.05 Å². The summed E-state index contributed by atoms with van der Waals surface area (Å²) in [5.74, 6) is -6.50. The van der Waals surface area contributed by atoms with Crippen molar-refractivity contribution in [3.63, 3.8) is 0 Å². The smallest absolute Gasteiger partial charge is 0.267 e. The Bertz CT molecular complexity index is 588. The lowest BCUT2D eigenvalue weighted by Gasteiger charge is -2.07. The van der Waals surface area contributed by atoms with Gasteiger partial charge in [-0.2, -0.15) is 0 Å². The first-order valence-corrected chi connectivity index (χ1v) is 6.35. The first-order valence-electron chi connectivity index (χ1n) is 4.04. The molecule has 1 amide bonds. The fourth-order valence-corrected chi connectivity index (χ4v) is 2.14. The van der Waals surface area contributed by atoms with E-state index in [1.807, 2.05) is 5.32 Å². The van der Waals surface area contributed by atoms with Crippen LogP contribution in [0, 0.1) is 17.5 Å². The van der Waals surface area contributed by atoms with Crippen LogP contribution in [0.25, 0.3) is 0 Å². The summed E-state index contributed by atoms with van der Waals surface area (Å²) in [5.41, 5.74) is -0.953. The minimum absolute atomic E-state index is 0.245. The van der Waals surface area contributed by atoms with Gasteiger partial charge in [-0.3, -0.25) is 4.79 Å². The number of hydrogen-bond acceptors (Lipinski definition) is 3. The van der Waals surface area contributed by atoms with Crippen LogP contribution in [0.15, 0.2) is 11.0 Å². The number of amides is 1. The zero-order chi connectivity index (χ0) is 13.4. The molecule has 0 heterocycles. The average molecular weight is 288 g/mol. The first kappa shape index (κ1) is 13.8. The van der Waals surface area contributed by atoms with Gasteiger partial charge in [-0.15, -0.1) is 0 Å². The van der Waals surface area contributed by atoms with Crippen molar-refractivity contribution in [3.05, 3.63) is 29.1 Å². The van der Waals surface area contributed by atoms with Crippen molar-refractivity contribution in [2.45, 2.75) is 4.90 Å². The van der Waals surface area contributed by atoms with E-state index in [2.05, 4.69) is 0 Å². The molecule has 0 spiro atoms. The van der Waals surface area contributed by atoms with E-state index in [4.69, 9.17) is 10.7 Å². The summed E-state index contributed by atoms with van der Waals surface area (Å²) in [6.07, 6.45) is 0. The van der Waals surface area contributed by atoms with Crippen molar-refractivity contribution in [1.82, 2.24) is 5.32 Å². The van der Waals surface area contributed by atoms with Crippen molar-refractivity contribution < 1.29 is 26.4 Å². The quantitative estimate of drug-likeness (QED) is 0.660. The highest BCUT2D eigenvalue weighted by Crippen LogP contribution is 2.27. The highest BCUT2D eigenvalue weighted by molar-refractivity contribution is 8.13. The third-order valence-electron chi connectivity index (χ3n) is 1.83. The molecule has 0 radical (unpaired) electrons. The molecule has 4 nitrogen and oxygen atoms in total. The second kappa shape index (κ2) is 4.53. The number of carbonyl (C=O) groups excluding carboxylic acids is 1. The molecule has 0 saturated carbocycles. The molecular weight excluding hydrogens is 283 g/mol. The van der Waals surface area contributed by atoms with Gasteiger partial charge < -0.3 is 5.32 Å². The summed E-state index contributed by atoms with van der Waals surface area (Å²) >= 11 is 0. The van der Waals surface area contributed by atoms with Gasteiger partial charge in [-0.05, 0) is 6.07 Å².